The molecule has 6 heteroatoms. The van der Waals surface area contributed by atoms with E-state index in [-0.39, 0.29) is 0 Å². The summed E-state index contributed by atoms with van der Waals surface area (Å²) < 4.78 is 7.66. The standard InChI is InChI=1S/C11H20N4OS/c1-8(2)15-10(5-12)13-14-11(15)17-7-16-6-9-3-4-9/h8-9H,3-7,12H2,1-2H3. The molecule has 1 aromatic rings. The minimum Gasteiger partial charge on any atom is -0.370 e. The van der Waals surface area contributed by atoms with Crippen LogP contribution >= 0.6 is 11.8 Å². The molecule has 1 aliphatic carbocycles. The summed E-state index contributed by atoms with van der Waals surface area (Å²) in [6.45, 7) is 5.52. The summed E-state index contributed by atoms with van der Waals surface area (Å²) in [7, 11) is 0. The Kier molecular flexibility index (Phi) is 4.42. The smallest absolute Gasteiger partial charge is 0.193 e. The monoisotopic (exact) mass is 256 g/mol. The van der Waals surface area contributed by atoms with E-state index in [0.29, 0.717) is 18.5 Å². The number of ether oxygens (including phenoxy) is 1. The summed E-state index contributed by atoms with van der Waals surface area (Å²) in [6, 6.07) is 0.328. The summed E-state index contributed by atoms with van der Waals surface area (Å²) in [5.41, 5.74) is 5.64. The van der Waals surface area contributed by atoms with Gasteiger partial charge in [-0.2, -0.15) is 0 Å². The Morgan fingerprint density at radius 2 is 2.24 bits per heavy atom. The SMILES string of the molecule is CC(C)n1c(CN)nnc1SCOCC1CC1. The summed E-state index contributed by atoms with van der Waals surface area (Å²) >= 11 is 1.59. The fourth-order valence-corrected chi connectivity index (χ4v) is 2.50. The Morgan fingerprint density at radius 1 is 1.47 bits per heavy atom. The molecule has 0 aromatic carbocycles. The first-order valence-electron chi connectivity index (χ1n) is 6.06. The molecule has 0 radical (unpaired) electrons. The van der Waals surface area contributed by atoms with Crippen molar-refractivity contribution in [2.75, 3.05) is 12.5 Å². The molecular formula is C11H20N4OS. The summed E-state index contributed by atoms with van der Waals surface area (Å²) in [5.74, 6) is 2.29. The normalized spacial score (nSPS) is 15.8. The molecule has 0 unspecified atom stereocenters. The van der Waals surface area contributed by atoms with Crippen LogP contribution < -0.4 is 5.73 Å². The van der Waals surface area contributed by atoms with Crippen LogP contribution in [0.4, 0.5) is 0 Å². The molecule has 0 bridgehead atoms. The zero-order valence-corrected chi connectivity index (χ0v) is 11.2. The number of aromatic nitrogens is 3. The molecule has 1 saturated carbocycles. The molecule has 0 spiro atoms. The van der Waals surface area contributed by atoms with Gasteiger partial charge in [0.1, 0.15) is 5.82 Å². The lowest BCUT2D eigenvalue weighted by Gasteiger charge is -2.12. The fraction of sp³-hybridized carbons (Fsp3) is 0.818. The van der Waals surface area contributed by atoms with Gasteiger partial charge < -0.3 is 15.0 Å². The lowest BCUT2D eigenvalue weighted by atomic mass is 10.4. The van der Waals surface area contributed by atoms with Crippen LogP contribution in [-0.2, 0) is 11.3 Å². The Balaban J connectivity index is 1.87. The Labute approximate surface area is 106 Å². The van der Waals surface area contributed by atoms with E-state index in [1.165, 1.54) is 12.8 Å². The van der Waals surface area contributed by atoms with Crippen molar-refractivity contribution >= 4 is 11.8 Å². The van der Waals surface area contributed by atoms with Gasteiger partial charge in [0.05, 0.1) is 19.1 Å². The van der Waals surface area contributed by atoms with Crippen molar-refractivity contribution in [2.45, 2.75) is 44.4 Å². The van der Waals surface area contributed by atoms with E-state index in [1.54, 1.807) is 11.8 Å². The highest BCUT2D eigenvalue weighted by atomic mass is 32.2. The molecule has 96 valence electrons. The summed E-state index contributed by atoms with van der Waals surface area (Å²) in [5, 5.41) is 9.15. The van der Waals surface area contributed by atoms with Crippen molar-refractivity contribution < 1.29 is 4.74 Å². The van der Waals surface area contributed by atoms with Crippen LogP contribution in [0.1, 0.15) is 38.6 Å². The van der Waals surface area contributed by atoms with Crippen LogP contribution in [0.3, 0.4) is 0 Å². The lowest BCUT2D eigenvalue weighted by Crippen LogP contribution is -2.11. The molecule has 1 fully saturated rings. The second-order valence-corrected chi connectivity index (χ2v) is 5.53. The van der Waals surface area contributed by atoms with Gasteiger partial charge >= 0.3 is 0 Å². The third-order valence-corrected chi connectivity index (χ3v) is 3.58. The molecule has 5 nitrogen and oxygen atoms in total. The first-order chi connectivity index (χ1) is 8.22. The van der Waals surface area contributed by atoms with Gasteiger partial charge in [-0.05, 0) is 32.6 Å². The Morgan fingerprint density at radius 3 is 2.82 bits per heavy atom. The number of thioether (sulfide) groups is 1. The largest absolute Gasteiger partial charge is 0.370 e. The van der Waals surface area contributed by atoms with Crippen molar-refractivity contribution in [3.8, 4) is 0 Å². The van der Waals surface area contributed by atoms with E-state index in [9.17, 15) is 0 Å². The number of hydrogen-bond donors (Lipinski definition) is 1. The van der Waals surface area contributed by atoms with Crippen LogP contribution in [0.5, 0.6) is 0 Å². The number of nitrogens with zero attached hydrogens (tertiary/aromatic N) is 3. The molecule has 0 saturated heterocycles. The number of nitrogens with two attached hydrogens (primary N) is 1. The zero-order valence-electron chi connectivity index (χ0n) is 10.4. The van der Waals surface area contributed by atoms with Gasteiger partial charge in [-0.3, -0.25) is 0 Å². The van der Waals surface area contributed by atoms with Crippen LogP contribution in [-0.4, -0.2) is 27.3 Å². The molecule has 0 aliphatic heterocycles. The van der Waals surface area contributed by atoms with Crippen LogP contribution in [0.15, 0.2) is 5.16 Å². The number of rotatable bonds is 7. The molecule has 2 N–H and O–H groups in total. The highest BCUT2D eigenvalue weighted by molar-refractivity contribution is 7.99. The Hall–Kier alpha value is -0.590. The minimum absolute atomic E-state index is 0.328. The maximum atomic E-state index is 5.64. The maximum absolute atomic E-state index is 5.64. The first kappa shape index (κ1) is 12.9. The minimum atomic E-state index is 0.328. The topological polar surface area (TPSA) is 66.0 Å². The van der Waals surface area contributed by atoms with Crippen molar-refractivity contribution in [1.29, 1.82) is 0 Å². The van der Waals surface area contributed by atoms with Gasteiger partial charge in [0, 0.05) is 6.04 Å². The second kappa shape index (κ2) is 5.84. The van der Waals surface area contributed by atoms with E-state index >= 15 is 0 Å². The van der Waals surface area contributed by atoms with Gasteiger partial charge in [-0.25, -0.2) is 0 Å². The maximum Gasteiger partial charge on any atom is 0.193 e. The van der Waals surface area contributed by atoms with Gasteiger partial charge in [-0.15, -0.1) is 10.2 Å². The predicted octanol–water partition coefficient (Wildman–Crippen LogP) is 1.79. The van der Waals surface area contributed by atoms with Crippen LogP contribution in [0.2, 0.25) is 0 Å². The second-order valence-electron chi connectivity index (χ2n) is 4.64. The third-order valence-electron chi connectivity index (χ3n) is 2.76. The molecule has 1 aliphatic rings. The number of hydrogen-bond acceptors (Lipinski definition) is 5. The molecule has 2 rings (SSSR count). The average molecular weight is 256 g/mol. The van der Waals surface area contributed by atoms with E-state index < -0.39 is 0 Å². The van der Waals surface area contributed by atoms with Gasteiger partial charge in [0.2, 0.25) is 0 Å². The first-order valence-corrected chi connectivity index (χ1v) is 7.05. The van der Waals surface area contributed by atoms with Gasteiger partial charge in [0.15, 0.2) is 5.16 Å². The van der Waals surface area contributed by atoms with Crippen molar-refractivity contribution in [3.05, 3.63) is 5.82 Å². The molecule has 0 amide bonds. The summed E-state index contributed by atoms with van der Waals surface area (Å²) in [6.07, 6.45) is 2.65. The fourth-order valence-electron chi connectivity index (χ4n) is 1.66. The van der Waals surface area contributed by atoms with Crippen molar-refractivity contribution in [3.63, 3.8) is 0 Å². The molecule has 1 heterocycles. The van der Waals surface area contributed by atoms with Crippen LogP contribution in [0, 0.1) is 5.92 Å². The quantitative estimate of drug-likeness (QED) is 0.458. The molecule has 0 atom stereocenters. The lowest BCUT2D eigenvalue weighted by molar-refractivity contribution is 0.170. The van der Waals surface area contributed by atoms with E-state index in [4.69, 9.17) is 10.5 Å². The average Bonchev–Trinajstić information content (AvgIpc) is 3.03. The highest BCUT2D eigenvalue weighted by Crippen LogP contribution is 2.29. The zero-order chi connectivity index (χ0) is 12.3. The Bertz CT molecular complexity index is 362. The van der Waals surface area contributed by atoms with E-state index in [0.717, 1.165) is 23.5 Å². The van der Waals surface area contributed by atoms with Gasteiger partial charge in [0.25, 0.3) is 0 Å². The van der Waals surface area contributed by atoms with Gasteiger partial charge in [-0.1, -0.05) is 11.8 Å². The van der Waals surface area contributed by atoms with E-state index in [1.807, 2.05) is 0 Å². The van der Waals surface area contributed by atoms with Crippen molar-refractivity contribution in [1.82, 2.24) is 14.8 Å². The van der Waals surface area contributed by atoms with E-state index in [2.05, 4.69) is 28.6 Å². The third kappa shape index (κ3) is 3.43. The predicted molar refractivity (Wildman–Crippen MR) is 67.7 cm³/mol. The summed E-state index contributed by atoms with van der Waals surface area (Å²) in [4.78, 5) is 0. The molecular weight excluding hydrogens is 236 g/mol. The van der Waals surface area contributed by atoms with Crippen LogP contribution in [0.25, 0.3) is 0 Å². The van der Waals surface area contributed by atoms with Crippen molar-refractivity contribution in [2.24, 2.45) is 11.7 Å². The highest BCUT2D eigenvalue weighted by Gasteiger charge is 2.21. The molecule has 1 aromatic heterocycles. The molecule has 17 heavy (non-hydrogen) atoms.